The van der Waals surface area contributed by atoms with E-state index in [4.69, 9.17) is 0 Å². The van der Waals surface area contributed by atoms with Crippen LogP contribution in [0.25, 0.3) is 0 Å². The molecule has 0 spiro atoms. The molecule has 0 unspecified atom stereocenters. The van der Waals surface area contributed by atoms with Gasteiger partial charge in [-0.3, -0.25) is 4.79 Å². The zero-order valence-electron chi connectivity index (χ0n) is 13.2. The van der Waals surface area contributed by atoms with Crippen LogP contribution in [0.5, 0.6) is 0 Å². The van der Waals surface area contributed by atoms with Gasteiger partial charge in [-0.25, -0.2) is 5.43 Å². The van der Waals surface area contributed by atoms with Crippen LogP contribution in [0.3, 0.4) is 0 Å². The van der Waals surface area contributed by atoms with Gasteiger partial charge in [0.25, 0.3) is 5.91 Å². The molecule has 1 fully saturated rings. The van der Waals surface area contributed by atoms with E-state index in [1.807, 2.05) is 19.1 Å². The standard InChI is InChI=1S/C17H25N3O/c1-12-5-4-6-15(10-12)19-20-17(21)11-18-16-8-7-13(2)9-14(16)3/h7-9,12,18H,4-6,10-11H2,1-3H3,(H,20,21)/b19-15+/t12-/m1/s1. The van der Waals surface area contributed by atoms with Crippen LogP contribution in [-0.4, -0.2) is 18.2 Å². The number of amides is 1. The Morgan fingerprint density at radius 3 is 2.90 bits per heavy atom. The third kappa shape index (κ3) is 4.88. The lowest BCUT2D eigenvalue weighted by molar-refractivity contribution is -0.119. The van der Waals surface area contributed by atoms with E-state index in [9.17, 15) is 4.79 Å². The maximum atomic E-state index is 11.8. The maximum absolute atomic E-state index is 11.8. The van der Waals surface area contributed by atoms with Crippen molar-refractivity contribution >= 4 is 17.3 Å². The monoisotopic (exact) mass is 287 g/mol. The minimum absolute atomic E-state index is 0.0966. The molecule has 2 N–H and O–H groups in total. The molecule has 0 radical (unpaired) electrons. The summed E-state index contributed by atoms with van der Waals surface area (Å²) in [4.78, 5) is 11.8. The van der Waals surface area contributed by atoms with Gasteiger partial charge in [-0.15, -0.1) is 0 Å². The van der Waals surface area contributed by atoms with Gasteiger partial charge >= 0.3 is 0 Å². The number of carbonyl (C=O) groups is 1. The van der Waals surface area contributed by atoms with Crippen LogP contribution < -0.4 is 10.7 Å². The normalized spacial score (nSPS) is 20.3. The molecule has 0 aliphatic heterocycles. The van der Waals surface area contributed by atoms with Crippen molar-refractivity contribution in [2.24, 2.45) is 11.0 Å². The summed E-state index contributed by atoms with van der Waals surface area (Å²) in [5.41, 5.74) is 7.15. The van der Waals surface area contributed by atoms with Crippen molar-refractivity contribution in [1.29, 1.82) is 0 Å². The van der Waals surface area contributed by atoms with Crippen LogP contribution >= 0.6 is 0 Å². The van der Waals surface area contributed by atoms with E-state index in [-0.39, 0.29) is 12.5 Å². The Balaban J connectivity index is 1.80. The molecule has 0 bridgehead atoms. The topological polar surface area (TPSA) is 53.5 Å². The number of nitrogens with one attached hydrogen (secondary N) is 2. The lowest BCUT2D eigenvalue weighted by atomic mass is 9.89. The molecule has 1 aromatic rings. The fourth-order valence-electron chi connectivity index (χ4n) is 2.73. The molecule has 1 saturated carbocycles. The van der Waals surface area contributed by atoms with E-state index < -0.39 is 0 Å². The fraction of sp³-hybridized carbons (Fsp3) is 0.529. The highest BCUT2D eigenvalue weighted by Gasteiger charge is 2.14. The number of nitrogens with zero attached hydrogens (tertiary/aromatic N) is 1. The van der Waals surface area contributed by atoms with E-state index >= 15 is 0 Å². The van der Waals surface area contributed by atoms with Gasteiger partial charge in [-0.2, -0.15) is 5.10 Å². The molecule has 1 aliphatic carbocycles. The Morgan fingerprint density at radius 2 is 2.19 bits per heavy atom. The largest absolute Gasteiger partial charge is 0.376 e. The lowest BCUT2D eigenvalue weighted by Crippen LogP contribution is -2.28. The van der Waals surface area contributed by atoms with E-state index in [2.05, 4.69) is 35.8 Å². The van der Waals surface area contributed by atoms with Crippen LogP contribution in [0.15, 0.2) is 23.3 Å². The maximum Gasteiger partial charge on any atom is 0.259 e. The number of aryl methyl sites for hydroxylation is 2. The van der Waals surface area contributed by atoms with Crippen molar-refractivity contribution < 1.29 is 4.79 Å². The summed E-state index contributed by atoms with van der Waals surface area (Å²) < 4.78 is 0. The molecule has 0 heterocycles. The van der Waals surface area contributed by atoms with Crippen molar-refractivity contribution in [2.75, 3.05) is 11.9 Å². The number of hydrazone groups is 1. The number of rotatable bonds is 4. The molecule has 1 aliphatic rings. The van der Waals surface area contributed by atoms with Crippen LogP contribution in [0.1, 0.15) is 43.7 Å². The Kier molecular flexibility index (Phi) is 5.37. The predicted octanol–water partition coefficient (Wildman–Crippen LogP) is 3.40. The summed E-state index contributed by atoms with van der Waals surface area (Å²) >= 11 is 0. The SMILES string of the molecule is Cc1ccc(NCC(=O)N/N=C2\CCC[C@@H](C)C2)c(C)c1. The number of benzene rings is 1. The number of anilines is 1. The van der Waals surface area contributed by atoms with E-state index in [1.165, 1.54) is 18.4 Å². The minimum Gasteiger partial charge on any atom is -0.376 e. The molecule has 2 rings (SSSR count). The van der Waals surface area contributed by atoms with Crippen molar-refractivity contribution in [3.05, 3.63) is 29.3 Å². The molecule has 1 aromatic carbocycles. The second kappa shape index (κ2) is 7.25. The summed E-state index contributed by atoms with van der Waals surface area (Å²) in [6, 6.07) is 6.15. The minimum atomic E-state index is -0.0966. The van der Waals surface area contributed by atoms with Crippen molar-refractivity contribution in [3.63, 3.8) is 0 Å². The van der Waals surface area contributed by atoms with Crippen molar-refractivity contribution in [1.82, 2.24) is 5.43 Å². The number of hydrogen-bond donors (Lipinski definition) is 2. The zero-order chi connectivity index (χ0) is 15.2. The number of carbonyl (C=O) groups excluding carboxylic acids is 1. The van der Waals surface area contributed by atoms with E-state index in [1.54, 1.807) is 0 Å². The molecule has 21 heavy (non-hydrogen) atoms. The Bertz CT molecular complexity index is 537. The smallest absolute Gasteiger partial charge is 0.259 e. The van der Waals surface area contributed by atoms with Gasteiger partial charge in [0.05, 0.1) is 6.54 Å². The van der Waals surface area contributed by atoms with E-state index in [0.29, 0.717) is 5.92 Å². The van der Waals surface area contributed by atoms with Crippen molar-refractivity contribution in [3.8, 4) is 0 Å². The predicted molar refractivity (Wildman–Crippen MR) is 87.6 cm³/mol. The summed E-state index contributed by atoms with van der Waals surface area (Å²) in [5.74, 6) is 0.587. The van der Waals surface area contributed by atoms with Crippen LogP contribution in [0, 0.1) is 19.8 Å². The molecule has 114 valence electrons. The molecule has 0 saturated heterocycles. The third-order valence-corrected chi connectivity index (χ3v) is 3.91. The summed E-state index contributed by atoms with van der Waals surface area (Å²) in [6.07, 6.45) is 4.46. The fourth-order valence-corrected chi connectivity index (χ4v) is 2.73. The highest BCUT2D eigenvalue weighted by molar-refractivity contribution is 5.88. The molecular formula is C17H25N3O. The molecular weight excluding hydrogens is 262 g/mol. The Morgan fingerprint density at radius 1 is 1.38 bits per heavy atom. The number of hydrogen-bond acceptors (Lipinski definition) is 3. The molecule has 0 aromatic heterocycles. The lowest BCUT2D eigenvalue weighted by Gasteiger charge is -2.19. The van der Waals surface area contributed by atoms with Gasteiger partial charge in [0.2, 0.25) is 0 Å². The zero-order valence-corrected chi connectivity index (χ0v) is 13.2. The van der Waals surface area contributed by atoms with E-state index in [0.717, 1.165) is 29.8 Å². The van der Waals surface area contributed by atoms with Gasteiger partial charge in [-0.1, -0.05) is 24.6 Å². The van der Waals surface area contributed by atoms with Crippen LogP contribution in [-0.2, 0) is 4.79 Å². The molecule has 1 atom stereocenters. The first-order chi connectivity index (χ1) is 10.0. The van der Waals surface area contributed by atoms with Gasteiger partial charge in [0, 0.05) is 11.4 Å². The molecule has 4 heteroatoms. The first-order valence-electron chi connectivity index (χ1n) is 7.70. The van der Waals surface area contributed by atoms with Gasteiger partial charge in [0.1, 0.15) is 0 Å². The highest BCUT2D eigenvalue weighted by atomic mass is 16.2. The highest BCUT2D eigenvalue weighted by Crippen LogP contribution is 2.21. The average molecular weight is 287 g/mol. The average Bonchev–Trinajstić information content (AvgIpc) is 2.44. The van der Waals surface area contributed by atoms with Crippen LogP contribution in [0.4, 0.5) is 5.69 Å². The summed E-state index contributed by atoms with van der Waals surface area (Å²) in [5, 5.41) is 7.41. The first-order valence-corrected chi connectivity index (χ1v) is 7.70. The molecule has 4 nitrogen and oxygen atoms in total. The Hall–Kier alpha value is -1.84. The van der Waals surface area contributed by atoms with Gasteiger partial charge in [-0.05, 0) is 57.1 Å². The van der Waals surface area contributed by atoms with Gasteiger partial charge < -0.3 is 5.32 Å². The second-order valence-corrected chi connectivity index (χ2v) is 6.09. The van der Waals surface area contributed by atoms with Crippen LogP contribution in [0.2, 0.25) is 0 Å². The second-order valence-electron chi connectivity index (χ2n) is 6.09. The quantitative estimate of drug-likeness (QED) is 0.834. The summed E-state index contributed by atoms with van der Waals surface area (Å²) in [6.45, 7) is 6.58. The molecule has 1 amide bonds. The van der Waals surface area contributed by atoms with Gasteiger partial charge in [0.15, 0.2) is 0 Å². The first kappa shape index (κ1) is 15.5. The Labute approximate surface area is 127 Å². The van der Waals surface area contributed by atoms with Crippen molar-refractivity contribution in [2.45, 2.75) is 46.5 Å². The third-order valence-electron chi connectivity index (χ3n) is 3.91. The summed E-state index contributed by atoms with van der Waals surface area (Å²) in [7, 11) is 0.